The van der Waals surface area contributed by atoms with Crippen molar-refractivity contribution in [2.24, 2.45) is 22.4 Å². The van der Waals surface area contributed by atoms with Crippen LogP contribution in [-0.2, 0) is 38.6 Å². The summed E-state index contributed by atoms with van der Waals surface area (Å²) in [5, 5.41) is 12.4. The van der Waals surface area contributed by atoms with Crippen LogP contribution in [0, 0.1) is 5.92 Å². The Bertz CT molecular complexity index is 1720. The summed E-state index contributed by atoms with van der Waals surface area (Å²) in [6, 6.07) is 23.6. The highest BCUT2D eigenvalue weighted by Gasteiger charge is 2.31. The third kappa shape index (κ3) is 11.2. The summed E-state index contributed by atoms with van der Waals surface area (Å²) >= 11 is 0. The van der Waals surface area contributed by atoms with Crippen molar-refractivity contribution >= 4 is 40.5 Å². The molecule has 3 aromatic carbocycles. The van der Waals surface area contributed by atoms with E-state index in [2.05, 4.69) is 31.2 Å². The Morgan fingerprint density at radius 3 is 1.92 bits per heavy atom. The average Bonchev–Trinajstić information content (AvgIpc) is 3.51. The van der Waals surface area contributed by atoms with Crippen molar-refractivity contribution in [1.29, 1.82) is 0 Å². The number of carbonyl (C=O) groups is 4. The van der Waals surface area contributed by atoms with Gasteiger partial charge in [-0.25, -0.2) is 0 Å². The lowest BCUT2D eigenvalue weighted by atomic mass is 10.0. The van der Waals surface area contributed by atoms with Gasteiger partial charge in [-0.2, -0.15) is 0 Å². The number of hydrogen-bond acceptors (Lipinski definition) is 5. The van der Waals surface area contributed by atoms with Crippen LogP contribution in [0.25, 0.3) is 10.9 Å². The topological polar surface area (TPSA) is 197 Å². The molecule has 1 heterocycles. The van der Waals surface area contributed by atoms with Gasteiger partial charge < -0.3 is 37.7 Å². The number of hydrogen-bond donors (Lipinski definition) is 7. The number of aromatic amines is 1. The molecule has 49 heavy (non-hydrogen) atoms. The van der Waals surface area contributed by atoms with Crippen LogP contribution in [0.1, 0.15) is 43.4 Å². The first-order valence-electron chi connectivity index (χ1n) is 16.5. The molecule has 0 aliphatic carbocycles. The molecule has 4 aromatic rings. The zero-order chi connectivity index (χ0) is 35.2. The van der Waals surface area contributed by atoms with Gasteiger partial charge >= 0.3 is 0 Å². The average molecular weight is 667 g/mol. The lowest BCUT2D eigenvalue weighted by Gasteiger charge is -2.26. The number of rotatable bonds is 17. The summed E-state index contributed by atoms with van der Waals surface area (Å²) in [6.07, 6.45) is 2.82. The van der Waals surface area contributed by atoms with Gasteiger partial charge in [-0.05, 0) is 35.6 Å². The molecule has 0 saturated heterocycles. The van der Waals surface area contributed by atoms with Gasteiger partial charge in [0.25, 0.3) is 0 Å². The van der Waals surface area contributed by atoms with Crippen LogP contribution in [0.5, 0.6) is 0 Å². The van der Waals surface area contributed by atoms with Crippen molar-refractivity contribution < 1.29 is 19.2 Å². The first-order chi connectivity index (χ1) is 23.6. The maximum absolute atomic E-state index is 14.2. The van der Waals surface area contributed by atoms with E-state index >= 15 is 0 Å². The lowest BCUT2D eigenvalue weighted by Crippen LogP contribution is -2.58. The minimum Gasteiger partial charge on any atom is -0.370 e. The van der Waals surface area contributed by atoms with Crippen molar-refractivity contribution in [1.82, 2.24) is 26.3 Å². The predicted molar refractivity (Wildman–Crippen MR) is 191 cm³/mol. The van der Waals surface area contributed by atoms with Gasteiger partial charge in [-0.15, -0.1) is 0 Å². The maximum Gasteiger partial charge on any atom is 0.243 e. The van der Waals surface area contributed by atoms with E-state index in [-0.39, 0.29) is 56.0 Å². The number of amides is 4. The number of aromatic nitrogens is 1. The van der Waals surface area contributed by atoms with Crippen molar-refractivity contribution in [2.75, 3.05) is 6.54 Å². The van der Waals surface area contributed by atoms with Crippen LogP contribution in [-0.4, -0.2) is 59.2 Å². The summed E-state index contributed by atoms with van der Waals surface area (Å²) in [7, 11) is 0. The first-order valence-corrected chi connectivity index (χ1v) is 16.5. The highest BCUT2D eigenvalue weighted by atomic mass is 16.2. The summed E-state index contributed by atoms with van der Waals surface area (Å²) in [5.41, 5.74) is 14.4. The highest BCUT2D eigenvalue weighted by Crippen LogP contribution is 2.20. The quantitative estimate of drug-likeness (QED) is 0.0513. The Labute approximate surface area is 286 Å². The monoisotopic (exact) mass is 666 g/mol. The molecule has 4 rings (SSSR count). The van der Waals surface area contributed by atoms with Gasteiger partial charge in [0.2, 0.25) is 23.6 Å². The van der Waals surface area contributed by atoms with E-state index < -0.39 is 29.9 Å². The Hall–Kier alpha value is -5.65. The zero-order valence-corrected chi connectivity index (χ0v) is 27.9. The molecule has 0 aliphatic heterocycles. The number of para-hydroxylation sites is 1. The molecule has 0 fully saturated rings. The standard InChI is InChI=1S/C37H46N8O4/c1-24(2)33(46)43-30(18-11-19-40-37(38)39)35(48)45-32(21-27-23-41-29-17-10-9-16-28(27)29)36(49)44-31(20-25-12-5-3-6-13-25)34(47)42-22-26-14-7-4-8-15-26/h3-10,12-17,23-24,30-32,41H,11,18-22H2,1-2H3,(H,42,47)(H,43,46)(H,44,49)(H,45,48)(H4,38,39,40)/t30-,31-,32-/m0/s1. The smallest absolute Gasteiger partial charge is 0.243 e. The van der Waals surface area contributed by atoms with Crippen molar-refractivity contribution in [3.8, 4) is 0 Å². The molecular formula is C37H46N8O4. The summed E-state index contributed by atoms with van der Waals surface area (Å²) in [4.78, 5) is 61.5. The highest BCUT2D eigenvalue weighted by molar-refractivity contribution is 5.95. The summed E-state index contributed by atoms with van der Waals surface area (Å²) in [5.74, 6) is -2.18. The first kappa shape index (κ1) is 36.2. The molecule has 3 atom stereocenters. The number of carbonyl (C=O) groups excluding carboxylic acids is 4. The molecule has 12 heteroatoms. The fourth-order valence-corrected chi connectivity index (χ4v) is 5.35. The van der Waals surface area contributed by atoms with Gasteiger partial charge in [0.1, 0.15) is 18.1 Å². The predicted octanol–water partition coefficient (Wildman–Crippen LogP) is 2.43. The van der Waals surface area contributed by atoms with Crippen LogP contribution >= 0.6 is 0 Å². The van der Waals surface area contributed by atoms with Gasteiger partial charge in [-0.3, -0.25) is 24.2 Å². The second-order valence-corrected chi connectivity index (χ2v) is 12.2. The Kier molecular flexibility index (Phi) is 13.3. The molecule has 0 spiro atoms. The Balaban J connectivity index is 1.59. The third-order valence-electron chi connectivity index (χ3n) is 8.06. The molecule has 0 radical (unpaired) electrons. The number of H-pyrrole nitrogens is 1. The van der Waals surface area contributed by atoms with Crippen LogP contribution in [0.4, 0.5) is 0 Å². The number of nitrogens with one attached hydrogen (secondary N) is 5. The van der Waals surface area contributed by atoms with E-state index in [0.29, 0.717) is 6.42 Å². The van der Waals surface area contributed by atoms with Crippen LogP contribution in [0.2, 0.25) is 0 Å². The fraction of sp³-hybridized carbons (Fsp3) is 0.324. The second kappa shape index (κ2) is 18.0. The third-order valence-corrected chi connectivity index (χ3v) is 8.06. The number of fused-ring (bicyclic) bond motifs is 1. The Morgan fingerprint density at radius 1 is 0.694 bits per heavy atom. The number of aliphatic imine (C=N–C) groups is 1. The Morgan fingerprint density at radius 2 is 1.27 bits per heavy atom. The molecule has 12 nitrogen and oxygen atoms in total. The van der Waals surface area contributed by atoms with Gasteiger partial charge in [0, 0.05) is 48.9 Å². The minimum atomic E-state index is -1.08. The molecule has 258 valence electrons. The number of benzene rings is 3. The van der Waals surface area contributed by atoms with Crippen LogP contribution in [0.3, 0.4) is 0 Å². The van der Waals surface area contributed by atoms with E-state index in [1.807, 2.05) is 84.9 Å². The molecule has 0 unspecified atom stereocenters. The number of guanidine groups is 1. The molecule has 0 saturated carbocycles. The summed E-state index contributed by atoms with van der Waals surface area (Å²) in [6.45, 7) is 4.01. The van der Waals surface area contributed by atoms with Gasteiger partial charge in [0.05, 0.1) is 0 Å². The van der Waals surface area contributed by atoms with E-state index in [1.54, 1.807) is 20.0 Å². The van der Waals surface area contributed by atoms with Gasteiger partial charge in [-0.1, -0.05) is 92.7 Å². The fourth-order valence-electron chi connectivity index (χ4n) is 5.35. The van der Waals surface area contributed by atoms with Crippen molar-refractivity contribution in [2.45, 2.75) is 64.2 Å². The summed E-state index contributed by atoms with van der Waals surface area (Å²) < 4.78 is 0. The van der Waals surface area contributed by atoms with Crippen molar-refractivity contribution in [3.63, 3.8) is 0 Å². The zero-order valence-electron chi connectivity index (χ0n) is 27.9. The second-order valence-electron chi connectivity index (χ2n) is 12.2. The molecule has 4 amide bonds. The molecule has 0 bridgehead atoms. The van der Waals surface area contributed by atoms with E-state index in [4.69, 9.17) is 11.5 Å². The normalized spacial score (nSPS) is 12.8. The van der Waals surface area contributed by atoms with E-state index in [0.717, 1.165) is 27.6 Å². The molecule has 0 aliphatic rings. The minimum absolute atomic E-state index is 0.0689. The van der Waals surface area contributed by atoms with E-state index in [1.165, 1.54) is 0 Å². The molecular weight excluding hydrogens is 620 g/mol. The maximum atomic E-state index is 14.2. The van der Waals surface area contributed by atoms with Crippen molar-refractivity contribution in [3.05, 3.63) is 108 Å². The van der Waals surface area contributed by atoms with Crippen LogP contribution in [0.15, 0.2) is 96.1 Å². The largest absolute Gasteiger partial charge is 0.370 e. The molecule has 1 aromatic heterocycles. The SMILES string of the molecule is CC(C)C(=O)N[C@@H](CCCN=C(N)N)C(=O)N[C@@H](Cc1c[nH]c2ccccc12)C(=O)N[C@@H](Cc1ccccc1)C(=O)NCc1ccccc1. The van der Waals surface area contributed by atoms with Gasteiger partial charge in [0.15, 0.2) is 5.96 Å². The lowest BCUT2D eigenvalue weighted by molar-refractivity contribution is -0.134. The number of nitrogens with two attached hydrogens (primary N) is 2. The van der Waals surface area contributed by atoms with Crippen LogP contribution < -0.4 is 32.7 Å². The molecule has 9 N–H and O–H groups in total. The van der Waals surface area contributed by atoms with E-state index in [9.17, 15) is 19.2 Å². The number of nitrogens with zero attached hydrogens (tertiary/aromatic N) is 1.